The zero-order valence-electron chi connectivity index (χ0n) is 12.4. The second kappa shape index (κ2) is 5.63. The molecule has 0 aromatic carbocycles. The first-order valence-electron chi connectivity index (χ1n) is 7.29. The molecule has 0 saturated carbocycles. The molecule has 3 rings (SSSR count). The van der Waals surface area contributed by atoms with E-state index < -0.39 is 17.9 Å². The zero-order valence-corrected chi connectivity index (χ0v) is 12.4. The Labute approximate surface area is 130 Å². The molecular weight excluding hydrogens is 315 g/mol. The average Bonchev–Trinajstić information content (AvgIpc) is 2.75. The monoisotopic (exact) mass is 331 g/mol. The number of halogens is 3. The van der Waals surface area contributed by atoms with Crippen LogP contribution in [0.3, 0.4) is 0 Å². The molecule has 0 aliphatic carbocycles. The molecule has 3 heterocycles. The predicted molar refractivity (Wildman–Crippen MR) is 71.5 cm³/mol. The van der Waals surface area contributed by atoms with Gasteiger partial charge in [0.1, 0.15) is 6.10 Å². The van der Waals surface area contributed by atoms with Gasteiger partial charge in [0.05, 0.1) is 18.1 Å². The van der Waals surface area contributed by atoms with Gasteiger partial charge in [0.25, 0.3) is 0 Å². The van der Waals surface area contributed by atoms with Crippen molar-refractivity contribution >= 4 is 5.97 Å². The molecule has 2 aliphatic heterocycles. The molecule has 0 amide bonds. The van der Waals surface area contributed by atoms with Gasteiger partial charge in [-0.3, -0.25) is 10.3 Å². The number of nitrogens with zero attached hydrogens (tertiary/aromatic N) is 2. The summed E-state index contributed by atoms with van der Waals surface area (Å²) in [6.07, 6.45) is -0.671. The van der Waals surface area contributed by atoms with Crippen LogP contribution < -0.4 is 10.1 Å². The molecule has 3 atom stereocenters. The lowest BCUT2D eigenvalue weighted by molar-refractivity contribution is -0.219. The molecular formula is C14H16F3N3O3. The Hall–Kier alpha value is -1.90. The van der Waals surface area contributed by atoms with E-state index in [4.69, 9.17) is 9.47 Å². The van der Waals surface area contributed by atoms with Gasteiger partial charge >= 0.3 is 12.1 Å². The number of piperidine rings is 1. The molecule has 2 aliphatic rings. The van der Waals surface area contributed by atoms with Crippen LogP contribution >= 0.6 is 0 Å². The van der Waals surface area contributed by atoms with Crippen molar-refractivity contribution in [2.45, 2.75) is 56.7 Å². The van der Waals surface area contributed by atoms with Crippen molar-refractivity contribution in [3.63, 3.8) is 0 Å². The minimum Gasteiger partial charge on any atom is -0.473 e. The van der Waals surface area contributed by atoms with Crippen molar-refractivity contribution in [2.75, 3.05) is 0 Å². The highest BCUT2D eigenvalue weighted by atomic mass is 19.4. The van der Waals surface area contributed by atoms with Crippen LogP contribution in [0.2, 0.25) is 0 Å². The number of alkyl halides is 3. The number of carbonyl (C=O) groups excluding carboxylic acids is 1. The Morgan fingerprint density at radius 3 is 2.83 bits per heavy atom. The summed E-state index contributed by atoms with van der Waals surface area (Å²) in [4.78, 5) is 19.3. The maximum absolute atomic E-state index is 12.5. The standard InChI is InChI=1S/C14H16F3N3O3/c1-8-6-19-11(7-18-8)22-10-4-9-2-3-13(5-10,20-9)23-12(21)14(15,16)17/h6-7,9-10,20H,2-5H2,1H3. The molecule has 23 heavy (non-hydrogen) atoms. The maximum Gasteiger partial charge on any atom is 0.490 e. The van der Waals surface area contributed by atoms with E-state index in [1.54, 1.807) is 13.1 Å². The van der Waals surface area contributed by atoms with Crippen LogP contribution in [0.4, 0.5) is 13.2 Å². The van der Waals surface area contributed by atoms with Crippen LogP contribution in [0.5, 0.6) is 5.88 Å². The molecule has 2 fully saturated rings. The van der Waals surface area contributed by atoms with Gasteiger partial charge in [0.15, 0.2) is 5.72 Å². The highest BCUT2D eigenvalue weighted by molar-refractivity contribution is 5.76. The number of aromatic nitrogens is 2. The third-order valence-electron chi connectivity index (χ3n) is 4.03. The number of ether oxygens (including phenoxy) is 2. The molecule has 2 bridgehead atoms. The van der Waals surface area contributed by atoms with Gasteiger partial charge in [-0.2, -0.15) is 13.2 Å². The minimum absolute atomic E-state index is 0.0480. The first kappa shape index (κ1) is 16.0. The summed E-state index contributed by atoms with van der Waals surface area (Å²) in [7, 11) is 0. The van der Waals surface area contributed by atoms with Crippen LogP contribution in [-0.2, 0) is 9.53 Å². The van der Waals surface area contributed by atoms with Crippen molar-refractivity contribution in [2.24, 2.45) is 0 Å². The lowest BCUT2D eigenvalue weighted by Crippen LogP contribution is -2.56. The molecule has 0 spiro atoms. The zero-order chi connectivity index (χ0) is 16.7. The largest absolute Gasteiger partial charge is 0.490 e. The lowest BCUT2D eigenvalue weighted by Gasteiger charge is -2.38. The van der Waals surface area contributed by atoms with Gasteiger partial charge in [-0.05, 0) is 13.3 Å². The predicted octanol–water partition coefficient (Wildman–Crippen LogP) is 1.88. The lowest BCUT2D eigenvalue weighted by atomic mass is 9.99. The van der Waals surface area contributed by atoms with Gasteiger partial charge in [-0.15, -0.1) is 0 Å². The molecule has 9 heteroatoms. The van der Waals surface area contributed by atoms with Gasteiger partial charge in [0.2, 0.25) is 5.88 Å². The van der Waals surface area contributed by atoms with Crippen molar-refractivity contribution in [3.05, 3.63) is 18.1 Å². The number of hydrogen-bond acceptors (Lipinski definition) is 6. The fourth-order valence-corrected chi connectivity index (χ4v) is 3.09. The van der Waals surface area contributed by atoms with E-state index in [2.05, 4.69) is 15.3 Å². The number of fused-ring (bicyclic) bond motifs is 2. The van der Waals surface area contributed by atoms with E-state index in [0.717, 1.165) is 5.69 Å². The molecule has 126 valence electrons. The summed E-state index contributed by atoms with van der Waals surface area (Å²) in [6.45, 7) is 1.78. The molecule has 1 aromatic heterocycles. The van der Waals surface area contributed by atoms with E-state index in [0.29, 0.717) is 25.1 Å². The first-order chi connectivity index (χ1) is 10.8. The number of aryl methyl sites for hydroxylation is 1. The fraction of sp³-hybridized carbons (Fsp3) is 0.643. The quantitative estimate of drug-likeness (QED) is 0.853. The third kappa shape index (κ3) is 3.54. The van der Waals surface area contributed by atoms with Crippen molar-refractivity contribution in [3.8, 4) is 5.88 Å². The Kier molecular flexibility index (Phi) is 3.91. The highest BCUT2D eigenvalue weighted by Gasteiger charge is 2.53. The van der Waals surface area contributed by atoms with E-state index in [-0.39, 0.29) is 18.6 Å². The van der Waals surface area contributed by atoms with E-state index in [1.165, 1.54) is 6.20 Å². The third-order valence-corrected chi connectivity index (χ3v) is 4.03. The Bertz CT molecular complexity index is 593. The molecule has 3 unspecified atom stereocenters. The Balaban J connectivity index is 1.69. The topological polar surface area (TPSA) is 73.3 Å². The highest BCUT2D eigenvalue weighted by Crippen LogP contribution is 2.39. The number of esters is 1. The summed E-state index contributed by atoms with van der Waals surface area (Å²) in [6, 6.07) is -0.0480. The second-order valence-electron chi connectivity index (χ2n) is 5.94. The van der Waals surface area contributed by atoms with Crippen molar-refractivity contribution < 1.29 is 27.4 Å². The van der Waals surface area contributed by atoms with Crippen LogP contribution in [-0.4, -0.2) is 40.0 Å². The number of carbonyl (C=O) groups is 1. The summed E-state index contributed by atoms with van der Waals surface area (Å²) in [5.41, 5.74) is -0.587. The van der Waals surface area contributed by atoms with Gasteiger partial charge < -0.3 is 9.47 Å². The Morgan fingerprint density at radius 2 is 2.17 bits per heavy atom. The normalized spacial score (nSPS) is 30.1. The fourth-order valence-electron chi connectivity index (χ4n) is 3.09. The van der Waals surface area contributed by atoms with Crippen LogP contribution in [0.1, 0.15) is 31.4 Å². The SMILES string of the molecule is Cc1cnc(OC2CC3CCC(OC(=O)C(F)(F)F)(C2)N3)cn1. The minimum atomic E-state index is -5.01. The number of hydrogen-bond donors (Lipinski definition) is 1. The van der Waals surface area contributed by atoms with E-state index in [9.17, 15) is 18.0 Å². The average molecular weight is 331 g/mol. The maximum atomic E-state index is 12.5. The summed E-state index contributed by atoms with van der Waals surface area (Å²) in [5, 5.41) is 2.97. The smallest absolute Gasteiger partial charge is 0.473 e. The number of rotatable bonds is 3. The van der Waals surface area contributed by atoms with Crippen LogP contribution in [0, 0.1) is 6.92 Å². The van der Waals surface area contributed by atoms with Crippen LogP contribution in [0.15, 0.2) is 12.4 Å². The van der Waals surface area contributed by atoms with Crippen LogP contribution in [0.25, 0.3) is 0 Å². The van der Waals surface area contributed by atoms with E-state index >= 15 is 0 Å². The van der Waals surface area contributed by atoms with Gasteiger partial charge in [0, 0.05) is 25.3 Å². The summed E-state index contributed by atoms with van der Waals surface area (Å²) >= 11 is 0. The molecule has 1 N–H and O–H groups in total. The molecule has 0 radical (unpaired) electrons. The summed E-state index contributed by atoms with van der Waals surface area (Å²) < 4.78 is 47.8. The molecule has 2 saturated heterocycles. The number of nitrogens with one attached hydrogen (secondary N) is 1. The molecule has 6 nitrogen and oxygen atoms in total. The molecule has 1 aromatic rings. The van der Waals surface area contributed by atoms with Crippen molar-refractivity contribution in [1.29, 1.82) is 0 Å². The second-order valence-corrected chi connectivity index (χ2v) is 5.94. The Morgan fingerprint density at radius 1 is 1.39 bits per heavy atom. The first-order valence-corrected chi connectivity index (χ1v) is 7.29. The van der Waals surface area contributed by atoms with Gasteiger partial charge in [-0.25, -0.2) is 9.78 Å². The van der Waals surface area contributed by atoms with Gasteiger partial charge in [-0.1, -0.05) is 0 Å². The summed E-state index contributed by atoms with van der Waals surface area (Å²) in [5.74, 6) is -1.87. The van der Waals surface area contributed by atoms with E-state index in [1.807, 2.05) is 0 Å². The van der Waals surface area contributed by atoms with Crippen molar-refractivity contribution in [1.82, 2.24) is 15.3 Å².